The Bertz CT molecular complexity index is 354. The summed E-state index contributed by atoms with van der Waals surface area (Å²) in [6.07, 6.45) is 8.49. The van der Waals surface area contributed by atoms with Gasteiger partial charge in [0.25, 0.3) is 0 Å². The minimum Gasteiger partial charge on any atom is -0.383 e. The Morgan fingerprint density at radius 2 is 2.24 bits per heavy atom. The number of pyridine rings is 1. The van der Waals surface area contributed by atoms with Crippen molar-refractivity contribution in [3.8, 4) is 0 Å². The molecule has 2 unspecified atom stereocenters. The number of hydrogen-bond acceptors (Lipinski definition) is 3. The van der Waals surface area contributed by atoms with Crippen LogP contribution in [0.3, 0.4) is 0 Å². The van der Waals surface area contributed by atoms with E-state index >= 15 is 0 Å². The summed E-state index contributed by atoms with van der Waals surface area (Å²) in [5.41, 5.74) is 6.82. The van der Waals surface area contributed by atoms with Crippen LogP contribution in [0.2, 0.25) is 0 Å². The van der Waals surface area contributed by atoms with E-state index in [0.29, 0.717) is 18.5 Å². The van der Waals surface area contributed by atoms with E-state index in [1.165, 1.54) is 32.1 Å². The van der Waals surface area contributed by atoms with Crippen molar-refractivity contribution in [2.45, 2.75) is 51.7 Å². The third-order valence-electron chi connectivity index (χ3n) is 3.74. The minimum absolute atomic E-state index is 0.411. The fourth-order valence-corrected chi connectivity index (χ4v) is 2.63. The van der Waals surface area contributed by atoms with Crippen LogP contribution in [0.5, 0.6) is 0 Å². The van der Waals surface area contributed by atoms with Crippen LogP contribution in [-0.4, -0.2) is 11.1 Å². The van der Waals surface area contributed by atoms with E-state index in [1.807, 2.05) is 12.1 Å². The molecule has 1 heterocycles. The fraction of sp³-hybridized carbons (Fsp3) is 0.643. The molecule has 1 aliphatic carbocycles. The number of aromatic nitrogens is 1. The summed E-state index contributed by atoms with van der Waals surface area (Å²) in [5.74, 6) is 1.32. The number of anilines is 1. The lowest BCUT2D eigenvalue weighted by Gasteiger charge is -2.30. The standard InChI is InChI=1S/C14H22N2O/c1-2-11-6-3-4-8-13(11)17-10-12-7-5-9-16-14(12)15/h5,7,9,11,13H,2-4,6,8,10H2,1H3,(H2,15,16). The Labute approximate surface area is 103 Å². The summed E-state index contributed by atoms with van der Waals surface area (Å²) in [6.45, 7) is 2.85. The van der Waals surface area contributed by atoms with E-state index in [2.05, 4.69) is 11.9 Å². The van der Waals surface area contributed by atoms with Gasteiger partial charge in [-0.05, 0) is 24.8 Å². The highest BCUT2D eigenvalue weighted by molar-refractivity contribution is 5.37. The average molecular weight is 234 g/mol. The first kappa shape index (κ1) is 12.4. The fourth-order valence-electron chi connectivity index (χ4n) is 2.63. The van der Waals surface area contributed by atoms with Crippen molar-refractivity contribution in [3.05, 3.63) is 23.9 Å². The van der Waals surface area contributed by atoms with Gasteiger partial charge in [-0.3, -0.25) is 0 Å². The van der Waals surface area contributed by atoms with Crippen LogP contribution in [0, 0.1) is 5.92 Å². The second-order valence-corrected chi connectivity index (χ2v) is 4.85. The highest BCUT2D eigenvalue weighted by Crippen LogP contribution is 2.29. The third-order valence-corrected chi connectivity index (χ3v) is 3.74. The van der Waals surface area contributed by atoms with Gasteiger partial charge in [0.1, 0.15) is 5.82 Å². The second kappa shape index (κ2) is 6.01. The quantitative estimate of drug-likeness (QED) is 0.870. The van der Waals surface area contributed by atoms with Gasteiger partial charge in [0.2, 0.25) is 0 Å². The molecule has 1 aromatic rings. The molecule has 0 radical (unpaired) electrons. The zero-order chi connectivity index (χ0) is 12.1. The lowest BCUT2D eigenvalue weighted by molar-refractivity contribution is -0.0220. The summed E-state index contributed by atoms with van der Waals surface area (Å²) < 4.78 is 6.03. The van der Waals surface area contributed by atoms with Crippen molar-refractivity contribution in [2.24, 2.45) is 5.92 Å². The molecule has 0 amide bonds. The second-order valence-electron chi connectivity index (χ2n) is 4.85. The molecule has 17 heavy (non-hydrogen) atoms. The van der Waals surface area contributed by atoms with Gasteiger partial charge >= 0.3 is 0 Å². The van der Waals surface area contributed by atoms with Crippen molar-refractivity contribution >= 4 is 5.82 Å². The zero-order valence-electron chi connectivity index (χ0n) is 10.6. The largest absolute Gasteiger partial charge is 0.383 e. The Morgan fingerprint density at radius 1 is 1.41 bits per heavy atom. The van der Waals surface area contributed by atoms with Crippen molar-refractivity contribution in [1.82, 2.24) is 4.98 Å². The molecule has 0 spiro atoms. The van der Waals surface area contributed by atoms with Crippen LogP contribution >= 0.6 is 0 Å². The first-order valence-electron chi connectivity index (χ1n) is 6.62. The predicted octanol–water partition coefficient (Wildman–Crippen LogP) is 3.15. The lowest BCUT2D eigenvalue weighted by Crippen LogP contribution is -2.27. The zero-order valence-corrected chi connectivity index (χ0v) is 10.6. The molecule has 1 saturated carbocycles. The molecule has 2 N–H and O–H groups in total. The van der Waals surface area contributed by atoms with E-state index in [0.717, 1.165) is 11.5 Å². The van der Waals surface area contributed by atoms with E-state index in [4.69, 9.17) is 10.5 Å². The topological polar surface area (TPSA) is 48.1 Å². The van der Waals surface area contributed by atoms with Gasteiger partial charge in [-0.25, -0.2) is 4.98 Å². The first-order valence-corrected chi connectivity index (χ1v) is 6.62. The van der Waals surface area contributed by atoms with Crippen molar-refractivity contribution in [2.75, 3.05) is 5.73 Å². The molecule has 2 rings (SSSR count). The highest BCUT2D eigenvalue weighted by atomic mass is 16.5. The van der Waals surface area contributed by atoms with Gasteiger partial charge in [-0.2, -0.15) is 0 Å². The smallest absolute Gasteiger partial charge is 0.128 e. The van der Waals surface area contributed by atoms with Crippen LogP contribution in [0.25, 0.3) is 0 Å². The number of rotatable bonds is 4. The summed E-state index contributed by atoms with van der Waals surface area (Å²) in [6, 6.07) is 3.90. The molecule has 3 nitrogen and oxygen atoms in total. The number of hydrogen-bond donors (Lipinski definition) is 1. The van der Waals surface area contributed by atoms with Crippen LogP contribution < -0.4 is 5.73 Å². The lowest BCUT2D eigenvalue weighted by atomic mass is 9.85. The van der Waals surface area contributed by atoms with Crippen LogP contribution in [0.4, 0.5) is 5.82 Å². The molecule has 3 heteroatoms. The average Bonchev–Trinajstić information content (AvgIpc) is 2.38. The molecule has 0 saturated heterocycles. The number of nitrogen functional groups attached to an aromatic ring is 1. The van der Waals surface area contributed by atoms with Gasteiger partial charge in [0.15, 0.2) is 0 Å². The van der Waals surface area contributed by atoms with Gasteiger partial charge in [-0.15, -0.1) is 0 Å². The Hall–Kier alpha value is -1.09. The molecular formula is C14H22N2O. The maximum absolute atomic E-state index is 6.03. The SMILES string of the molecule is CCC1CCCCC1OCc1cccnc1N. The van der Waals surface area contributed by atoms with Gasteiger partial charge < -0.3 is 10.5 Å². The maximum Gasteiger partial charge on any atom is 0.128 e. The first-order chi connectivity index (χ1) is 8.31. The van der Waals surface area contributed by atoms with Gasteiger partial charge in [0, 0.05) is 11.8 Å². The van der Waals surface area contributed by atoms with E-state index in [1.54, 1.807) is 6.20 Å². The van der Waals surface area contributed by atoms with Gasteiger partial charge in [0.05, 0.1) is 12.7 Å². The van der Waals surface area contributed by atoms with E-state index < -0.39 is 0 Å². The summed E-state index contributed by atoms with van der Waals surface area (Å²) >= 11 is 0. The predicted molar refractivity (Wildman–Crippen MR) is 69.5 cm³/mol. The van der Waals surface area contributed by atoms with Crippen molar-refractivity contribution in [1.29, 1.82) is 0 Å². The Kier molecular flexibility index (Phi) is 4.37. The third kappa shape index (κ3) is 3.19. The number of nitrogens with zero attached hydrogens (tertiary/aromatic N) is 1. The van der Waals surface area contributed by atoms with Crippen molar-refractivity contribution in [3.63, 3.8) is 0 Å². The molecule has 0 bridgehead atoms. The molecule has 1 aromatic heterocycles. The van der Waals surface area contributed by atoms with E-state index in [9.17, 15) is 0 Å². The molecule has 94 valence electrons. The Morgan fingerprint density at radius 3 is 3.00 bits per heavy atom. The monoisotopic (exact) mass is 234 g/mol. The minimum atomic E-state index is 0.411. The summed E-state index contributed by atoms with van der Waals surface area (Å²) in [4.78, 5) is 4.08. The van der Waals surface area contributed by atoms with Crippen molar-refractivity contribution < 1.29 is 4.74 Å². The van der Waals surface area contributed by atoms with Crippen LogP contribution in [0.1, 0.15) is 44.6 Å². The molecule has 1 fully saturated rings. The summed E-state index contributed by atoms with van der Waals surface area (Å²) in [7, 11) is 0. The van der Waals surface area contributed by atoms with Crippen LogP contribution in [-0.2, 0) is 11.3 Å². The summed E-state index contributed by atoms with van der Waals surface area (Å²) in [5, 5.41) is 0. The maximum atomic E-state index is 6.03. The van der Waals surface area contributed by atoms with E-state index in [-0.39, 0.29) is 0 Å². The molecule has 2 atom stereocenters. The highest BCUT2D eigenvalue weighted by Gasteiger charge is 2.24. The molecular weight excluding hydrogens is 212 g/mol. The number of ether oxygens (including phenoxy) is 1. The Balaban J connectivity index is 1.90. The number of nitrogens with two attached hydrogens (primary N) is 1. The molecule has 1 aliphatic rings. The van der Waals surface area contributed by atoms with Gasteiger partial charge in [-0.1, -0.05) is 32.3 Å². The normalized spacial score (nSPS) is 24.8. The molecule has 0 aliphatic heterocycles. The van der Waals surface area contributed by atoms with Crippen LogP contribution in [0.15, 0.2) is 18.3 Å². The molecule has 0 aromatic carbocycles.